The lowest BCUT2D eigenvalue weighted by Crippen LogP contribution is -2.07. The SMILES string of the molecule is CC(C)Cn1c(CCl)nc2ccc(F)cc21. The van der Waals surface area contributed by atoms with E-state index < -0.39 is 0 Å². The van der Waals surface area contributed by atoms with Crippen molar-refractivity contribution >= 4 is 22.6 Å². The summed E-state index contributed by atoms with van der Waals surface area (Å²) in [4.78, 5) is 4.39. The summed E-state index contributed by atoms with van der Waals surface area (Å²) in [7, 11) is 0. The standard InChI is InChI=1S/C12H14ClFN2/c1-8(2)7-16-11-5-9(14)3-4-10(11)15-12(16)6-13/h3-5,8H,6-7H2,1-2H3. The van der Waals surface area contributed by atoms with Crippen molar-refractivity contribution < 1.29 is 4.39 Å². The van der Waals surface area contributed by atoms with Crippen molar-refractivity contribution in [3.8, 4) is 0 Å². The first-order chi connectivity index (χ1) is 7.61. The molecule has 2 nitrogen and oxygen atoms in total. The third-order valence-electron chi connectivity index (χ3n) is 2.46. The first kappa shape index (κ1) is 11.4. The van der Waals surface area contributed by atoms with Gasteiger partial charge in [-0.15, -0.1) is 11.6 Å². The average Bonchev–Trinajstić information content (AvgIpc) is 2.56. The summed E-state index contributed by atoms with van der Waals surface area (Å²) in [5.41, 5.74) is 1.63. The highest BCUT2D eigenvalue weighted by molar-refractivity contribution is 6.16. The minimum Gasteiger partial charge on any atom is -0.327 e. The first-order valence-corrected chi connectivity index (χ1v) is 5.86. The topological polar surface area (TPSA) is 17.8 Å². The summed E-state index contributed by atoms with van der Waals surface area (Å²) in [6.45, 7) is 5.04. The van der Waals surface area contributed by atoms with E-state index in [1.165, 1.54) is 12.1 Å². The van der Waals surface area contributed by atoms with E-state index in [4.69, 9.17) is 11.6 Å². The number of hydrogen-bond acceptors (Lipinski definition) is 1. The Morgan fingerprint density at radius 1 is 1.44 bits per heavy atom. The second-order valence-electron chi connectivity index (χ2n) is 4.30. The number of nitrogens with zero attached hydrogens (tertiary/aromatic N) is 2. The molecule has 4 heteroatoms. The lowest BCUT2D eigenvalue weighted by molar-refractivity contribution is 0.521. The van der Waals surface area contributed by atoms with E-state index in [9.17, 15) is 4.39 Å². The van der Waals surface area contributed by atoms with E-state index in [1.807, 2.05) is 4.57 Å². The lowest BCUT2D eigenvalue weighted by Gasteiger charge is -2.10. The summed E-state index contributed by atoms with van der Waals surface area (Å²) < 4.78 is 15.2. The van der Waals surface area contributed by atoms with Crippen LogP contribution in [0.5, 0.6) is 0 Å². The van der Waals surface area contributed by atoms with Gasteiger partial charge in [0, 0.05) is 6.54 Å². The van der Waals surface area contributed by atoms with Crippen LogP contribution in [0.3, 0.4) is 0 Å². The zero-order chi connectivity index (χ0) is 11.7. The summed E-state index contributed by atoms with van der Waals surface area (Å²) in [5.74, 6) is 1.39. The predicted octanol–water partition coefficient (Wildman–Crippen LogP) is 3.57. The van der Waals surface area contributed by atoms with Crippen molar-refractivity contribution in [1.29, 1.82) is 0 Å². The fraction of sp³-hybridized carbons (Fsp3) is 0.417. The smallest absolute Gasteiger partial charge is 0.125 e. The number of fused-ring (bicyclic) bond motifs is 1. The van der Waals surface area contributed by atoms with Crippen molar-refractivity contribution in [1.82, 2.24) is 9.55 Å². The Labute approximate surface area is 99.0 Å². The lowest BCUT2D eigenvalue weighted by atomic mass is 10.2. The van der Waals surface area contributed by atoms with Crippen molar-refractivity contribution in [2.24, 2.45) is 5.92 Å². The Morgan fingerprint density at radius 3 is 2.81 bits per heavy atom. The molecule has 0 radical (unpaired) electrons. The Hall–Kier alpha value is -1.09. The number of rotatable bonds is 3. The van der Waals surface area contributed by atoms with Gasteiger partial charge in [-0.1, -0.05) is 13.8 Å². The van der Waals surface area contributed by atoms with Gasteiger partial charge in [0.05, 0.1) is 16.9 Å². The predicted molar refractivity (Wildman–Crippen MR) is 64.1 cm³/mol. The van der Waals surface area contributed by atoms with Crippen LogP contribution in [0.1, 0.15) is 19.7 Å². The van der Waals surface area contributed by atoms with Crippen molar-refractivity contribution in [3.05, 3.63) is 29.8 Å². The van der Waals surface area contributed by atoms with E-state index in [2.05, 4.69) is 18.8 Å². The third-order valence-corrected chi connectivity index (χ3v) is 2.70. The zero-order valence-corrected chi connectivity index (χ0v) is 10.1. The number of halogens is 2. The molecule has 0 saturated heterocycles. The third kappa shape index (κ3) is 2.05. The molecule has 0 bridgehead atoms. The minimum atomic E-state index is -0.237. The number of benzene rings is 1. The summed E-state index contributed by atoms with van der Waals surface area (Å²) in [6, 6.07) is 4.63. The van der Waals surface area contributed by atoms with Gasteiger partial charge >= 0.3 is 0 Å². The van der Waals surface area contributed by atoms with Gasteiger partial charge in [-0.25, -0.2) is 9.37 Å². The second kappa shape index (κ2) is 4.42. The van der Waals surface area contributed by atoms with Gasteiger partial charge in [0.2, 0.25) is 0 Å². The second-order valence-corrected chi connectivity index (χ2v) is 4.57. The molecule has 86 valence electrons. The molecule has 0 spiro atoms. The quantitative estimate of drug-likeness (QED) is 0.750. The van der Waals surface area contributed by atoms with Crippen LogP contribution in [0.4, 0.5) is 4.39 Å². The highest BCUT2D eigenvalue weighted by Gasteiger charge is 2.11. The van der Waals surface area contributed by atoms with Crippen LogP contribution in [-0.4, -0.2) is 9.55 Å². The normalized spacial score (nSPS) is 11.6. The molecule has 0 aliphatic rings. The number of imidazole rings is 1. The van der Waals surface area contributed by atoms with Gasteiger partial charge in [0.15, 0.2) is 0 Å². The molecule has 0 unspecified atom stereocenters. The fourth-order valence-corrected chi connectivity index (χ4v) is 2.02. The number of aromatic nitrogens is 2. The Morgan fingerprint density at radius 2 is 2.19 bits per heavy atom. The van der Waals surface area contributed by atoms with Crippen molar-refractivity contribution in [2.45, 2.75) is 26.3 Å². The van der Waals surface area contributed by atoms with E-state index in [0.717, 1.165) is 23.4 Å². The number of hydrogen-bond donors (Lipinski definition) is 0. The van der Waals surface area contributed by atoms with Gasteiger partial charge in [-0.2, -0.15) is 0 Å². The molecule has 0 aliphatic carbocycles. The Balaban J connectivity index is 2.60. The molecule has 2 aromatic rings. The minimum absolute atomic E-state index is 0.237. The van der Waals surface area contributed by atoms with E-state index in [1.54, 1.807) is 6.07 Å². The van der Waals surface area contributed by atoms with Crippen molar-refractivity contribution in [3.63, 3.8) is 0 Å². The van der Waals surface area contributed by atoms with E-state index in [-0.39, 0.29) is 5.82 Å². The highest BCUT2D eigenvalue weighted by atomic mass is 35.5. The van der Waals surface area contributed by atoms with Gasteiger partial charge in [-0.3, -0.25) is 0 Å². The molecule has 0 N–H and O–H groups in total. The summed E-state index contributed by atoms with van der Waals surface area (Å²) in [5, 5.41) is 0. The Bertz CT molecular complexity index is 505. The van der Waals surface area contributed by atoms with Crippen LogP contribution in [0, 0.1) is 11.7 Å². The molecule has 1 heterocycles. The molecule has 1 aromatic heterocycles. The molecular formula is C12H14ClFN2. The van der Waals surface area contributed by atoms with Crippen LogP contribution < -0.4 is 0 Å². The molecule has 0 aliphatic heterocycles. The van der Waals surface area contributed by atoms with Crippen LogP contribution in [0.25, 0.3) is 11.0 Å². The van der Waals surface area contributed by atoms with Crippen molar-refractivity contribution in [2.75, 3.05) is 0 Å². The van der Waals surface area contributed by atoms with Gasteiger partial charge in [0.25, 0.3) is 0 Å². The van der Waals surface area contributed by atoms with Crippen LogP contribution >= 0.6 is 11.6 Å². The highest BCUT2D eigenvalue weighted by Crippen LogP contribution is 2.20. The first-order valence-electron chi connectivity index (χ1n) is 5.32. The van der Waals surface area contributed by atoms with Gasteiger partial charge in [0.1, 0.15) is 11.6 Å². The van der Waals surface area contributed by atoms with Crippen LogP contribution in [0.2, 0.25) is 0 Å². The summed E-state index contributed by atoms with van der Waals surface area (Å²) in [6.07, 6.45) is 0. The molecule has 16 heavy (non-hydrogen) atoms. The Kier molecular flexibility index (Phi) is 3.15. The van der Waals surface area contributed by atoms with Gasteiger partial charge in [-0.05, 0) is 24.1 Å². The summed E-state index contributed by atoms with van der Waals surface area (Å²) >= 11 is 5.85. The van der Waals surface area contributed by atoms with Gasteiger partial charge < -0.3 is 4.57 Å². The molecule has 1 aromatic carbocycles. The monoisotopic (exact) mass is 240 g/mol. The van der Waals surface area contributed by atoms with E-state index in [0.29, 0.717) is 11.8 Å². The molecular weight excluding hydrogens is 227 g/mol. The van der Waals surface area contributed by atoms with Crippen LogP contribution in [0.15, 0.2) is 18.2 Å². The fourth-order valence-electron chi connectivity index (χ4n) is 1.82. The largest absolute Gasteiger partial charge is 0.327 e. The molecule has 0 saturated carbocycles. The molecule has 0 atom stereocenters. The van der Waals surface area contributed by atoms with E-state index >= 15 is 0 Å². The maximum atomic E-state index is 13.2. The molecule has 2 rings (SSSR count). The molecule has 0 amide bonds. The maximum absolute atomic E-state index is 13.2. The average molecular weight is 241 g/mol. The number of alkyl halides is 1. The zero-order valence-electron chi connectivity index (χ0n) is 9.37. The maximum Gasteiger partial charge on any atom is 0.125 e. The van der Waals surface area contributed by atoms with Crippen LogP contribution in [-0.2, 0) is 12.4 Å². The molecule has 0 fully saturated rings.